The first-order valence-electron chi connectivity index (χ1n) is 16.2. The smallest absolute Gasteiger partial charge is 0.352 e. The summed E-state index contributed by atoms with van der Waals surface area (Å²) in [6.45, 7) is 3.12. The van der Waals surface area contributed by atoms with E-state index in [1.54, 1.807) is 5.38 Å². The molecule has 2 aliphatic heterocycles. The van der Waals surface area contributed by atoms with Gasteiger partial charge in [-0.1, -0.05) is 103 Å². The number of aromatic nitrogens is 1. The summed E-state index contributed by atoms with van der Waals surface area (Å²) in [6.07, 6.45) is 0.644. The van der Waals surface area contributed by atoms with Gasteiger partial charge >= 0.3 is 11.9 Å². The van der Waals surface area contributed by atoms with Gasteiger partial charge in [-0.2, -0.15) is 0 Å². The van der Waals surface area contributed by atoms with Gasteiger partial charge in [0.05, 0.1) is 0 Å². The number of oxime groups is 1. The van der Waals surface area contributed by atoms with Crippen LogP contribution in [0.1, 0.15) is 42.7 Å². The predicted molar refractivity (Wildman–Crippen MR) is 194 cm³/mol. The van der Waals surface area contributed by atoms with Crippen molar-refractivity contribution in [2.75, 3.05) is 24.3 Å². The van der Waals surface area contributed by atoms with Crippen molar-refractivity contribution in [1.82, 2.24) is 15.2 Å². The fourth-order valence-corrected chi connectivity index (χ4v) is 8.06. The number of aliphatic carboxylic acids is 1. The number of anilines is 1. The van der Waals surface area contributed by atoms with Gasteiger partial charge in [0.1, 0.15) is 41.6 Å². The van der Waals surface area contributed by atoms with E-state index in [1.165, 1.54) is 30.0 Å². The second kappa shape index (κ2) is 15.6. The second-order valence-electron chi connectivity index (χ2n) is 11.7. The Labute approximate surface area is 302 Å². The topological polar surface area (TPSA) is 160 Å². The Morgan fingerprint density at radius 3 is 2.10 bits per heavy atom. The van der Waals surface area contributed by atoms with Gasteiger partial charge in [0.2, 0.25) is 0 Å². The van der Waals surface area contributed by atoms with Crippen LogP contribution in [0.3, 0.4) is 0 Å². The Morgan fingerprint density at radius 1 is 0.980 bits per heavy atom. The highest BCUT2D eigenvalue weighted by atomic mass is 32.2. The van der Waals surface area contributed by atoms with E-state index in [-0.39, 0.29) is 36.1 Å². The first kappa shape index (κ1) is 35.4. The van der Waals surface area contributed by atoms with Gasteiger partial charge in [-0.25, -0.2) is 9.78 Å². The lowest BCUT2D eigenvalue weighted by atomic mass is 9.77. The third-order valence-electron chi connectivity index (χ3n) is 8.31. The van der Waals surface area contributed by atoms with Crippen molar-refractivity contribution in [1.29, 1.82) is 0 Å². The van der Waals surface area contributed by atoms with Crippen LogP contribution in [0.5, 0.6) is 0 Å². The molecule has 51 heavy (non-hydrogen) atoms. The van der Waals surface area contributed by atoms with E-state index in [1.807, 2.05) is 97.9 Å². The first-order valence-corrected chi connectivity index (χ1v) is 18.1. The number of esters is 1. The minimum atomic E-state index is -1.32. The molecule has 2 aliphatic rings. The SMILES string of the molecule is CCCON=C(C(=O)N[C@@H]1C(=O)N2C(C(=O)O)=C(COC(C)=O)CS[C@H]12)c1csc(NC(c2ccccc2)(c2ccccc2)c2ccccc2)n1. The number of amides is 2. The maximum Gasteiger partial charge on any atom is 0.352 e. The van der Waals surface area contributed by atoms with Gasteiger partial charge in [0.15, 0.2) is 10.8 Å². The number of hydrogen-bond acceptors (Lipinski definition) is 11. The van der Waals surface area contributed by atoms with Crippen molar-refractivity contribution in [3.8, 4) is 0 Å². The van der Waals surface area contributed by atoms with Gasteiger partial charge < -0.3 is 25.3 Å². The normalized spacial score (nSPS) is 17.3. The molecule has 2 amide bonds. The monoisotopic (exact) mass is 725 g/mol. The summed E-state index contributed by atoms with van der Waals surface area (Å²) in [4.78, 5) is 62.0. The van der Waals surface area contributed by atoms with E-state index in [2.05, 4.69) is 15.8 Å². The molecule has 14 heteroatoms. The molecule has 6 rings (SSSR count). The van der Waals surface area contributed by atoms with Gasteiger partial charge in [-0.15, -0.1) is 23.1 Å². The van der Waals surface area contributed by atoms with Crippen molar-refractivity contribution in [3.05, 3.63) is 130 Å². The maximum absolute atomic E-state index is 13.8. The van der Waals surface area contributed by atoms with E-state index >= 15 is 0 Å². The van der Waals surface area contributed by atoms with E-state index in [0.717, 1.165) is 21.6 Å². The number of carbonyl (C=O) groups is 4. The molecule has 1 aromatic heterocycles. The van der Waals surface area contributed by atoms with Gasteiger partial charge in [-0.3, -0.25) is 19.3 Å². The molecule has 0 saturated carbocycles. The fourth-order valence-electron chi connectivity index (χ4n) is 5.98. The summed E-state index contributed by atoms with van der Waals surface area (Å²) < 4.78 is 5.01. The van der Waals surface area contributed by atoms with Crippen LogP contribution in [0.15, 0.2) is 113 Å². The van der Waals surface area contributed by atoms with Crippen LogP contribution in [-0.4, -0.2) is 74.8 Å². The molecule has 0 spiro atoms. The van der Waals surface area contributed by atoms with Crippen LogP contribution in [0.2, 0.25) is 0 Å². The number of benzene rings is 3. The van der Waals surface area contributed by atoms with Crippen molar-refractivity contribution in [3.63, 3.8) is 0 Å². The van der Waals surface area contributed by atoms with E-state index in [4.69, 9.17) is 14.6 Å². The second-order valence-corrected chi connectivity index (χ2v) is 13.6. The number of carboxylic acids is 1. The van der Waals surface area contributed by atoms with Crippen molar-refractivity contribution in [2.45, 2.75) is 37.2 Å². The van der Waals surface area contributed by atoms with E-state index in [9.17, 15) is 24.3 Å². The van der Waals surface area contributed by atoms with Gasteiger partial charge in [0.25, 0.3) is 11.8 Å². The van der Waals surface area contributed by atoms with Crippen LogP contribution in [0.25, 0.3) is 0 Å². The lowest BCUT2D eigenvalue weighted by Gasteiger charge is -2.49. The molecule has 1 fully saturated rings. The fraction of sp³-hybridized carbons (Fsp3) is 0.243. The highest BCUT2D eigenvalue weighted by Crippen LogP contribution is 2.42. The lowest BCUT2D eigenvalue weighted by Crippen LogP contribution is -2.71. The summed E-state index contributed by atoms with van der Waals surface area (Å²) in [6, 6.07) is 29.0. The molecule has 1 saturated heterocycles. The van der Waals surface area contributed by atoms with Crippen LogP contribution in [0.4, 0.5) is 5.13 Å². The number of carboxylic acid groups (broad SMARTS) is 1. The van der Waals surface area contributed by atoms with Gasteiger partial charge in [-0.05, 0) is 23.1 Å². The highest BCUT2D eigenvalue weighted by Gasteiger charge is 2.54. The molecule has 3 aromatic carbocycles. The number of nitrogens with zero attached hydrogens (tertiary/aromatic N) is 3. The van der Waals surface area contributed by atoms with Crippen LogP contribution >= 0.6 is 23.1 Å². The molecule has 262 valence electrons. The summed E-state index contributed by atoms with van der Waals surface area (Å²) >= 11 is 2.55. The molecular weight excluding hydrogens is 691 g/mol. The Bertz CT molecular complexity index is 1870. The number of nitrogens with one attached hydrogen (secondary N) is 2. The number of fused-ring (bicyclic) bond motifs is 1. The van der Waals surface area contributed by atoms with Crippen molar-refractivity contribution < 1.29 is 33.9 Å². The molecule has 0 aliphatic carbocycles. The number of β-lactam (4-membered cyclic amide) rings is 1. The number of ether oxygens (including phenoxy) is 1. The van der Waals surface area contributed by atoms with Gasteiger partial charge in [0, 0.05) is 23.6 Å². The zero-order chi connectivity index (χ0) is 36.0. The van der Waals surface area contributed by atoms with Crippen LogP contribution in [-0.2, 0) is 34.3 Å². The Morgan fingerprint density at radius 2 is 1.57 bits per heavy atom. The first-order chi connectivity index (χ1) is 24.7. The number of rotatable bonds is 14. The predicted octanol–water partition coefficient (Wildman–Crippen LogP) is 4.98. The van der Waals surface area contributed by atoms with Crippen molar-refractivity contribution in [2.24, 2.45) is 5.16 Å². The Balaban J connectivity index is 1.30. The summed E-state index contributed by atoms with van der Waals surface area (Å²) in [5.74, 6) is -3.00. The third-order valence-corrected chi connectivity index (χ3v) is 10.4. The molecule has 12 nitrogen and oxygen atoms in total. The lowest BCUT2D eigenvalue weighted by molar-refractivity contribution is -0.150. The molecule has 0 bridgehead atoms. The average Bonchev–Trinajstić information content (AvgIpc) is 3.62. The van der Waals surface area contributed by atoms with E-state index < -0.39 is 40.7 Å². The standard InChI is InChI=1S/C37H35N5O7S2/c1-3-19-49-41-29(32(44)39-30-33(45)42-31(35(46)47)24(20-48-23(2)43)21-50-34(30)42)28-22-51-36(38-28)40-37(25-13-7-4-8-14-25,26-15-9-5-10-16-26)27-17-11-6-12-18-27/h4-18,22,30,34H,3,19-21H2,1-2H3,(H,38,40)(H,39,44)(H,46,47)/t30-,34-/m1/s1. The minimum Gasteiger partial charge on any atom is -0.477 e. The molecule has 0 radical (unpaired) electrons. The number of thioether (sulfide) groups is 1. The Hall–Kier alpha value is -5.47. The highest BCUT2D eigenvalue weighted by molar-refractivity contribution is 8.00. The van der Waals surface area contributed by atoms with Crippen molar-refractivity contribution >= 4 is 57.7 Å². The average molecular weight is 726 g/mol. The zero-order valence-corrected chi connectivity index (χ0v) is 29.4. The van der Waals surface area contributed by atoms with Crippen LogP contribution < -0.4 is 10.6 Å². The quantitative estimate of drug-likeness (QED) is 0.0404. The largest absolute Gasteiger partial charge is 0.477 e. The van der Waals surface area contributed by atoms with Crippen LogP contribution in [0, 0.1) is 0 Å². The minimum absolute atomic E-state index is 0.130. The maximum atomic E-state index is 13.8. The number of thiazole rings is 1. The number of carbonyl (C=O) groups excluding carboxylic acids is 3. The summed E-state index contributed by atoms with van der Waals surface area (Å²) in [5.41, 5.74) is 2.21. The molecule has 2 atom stereocenters. The Kier molecular flexibility index (Phi) is 10.8. The number of hydrogen-bond donors (Lipinski definition) is 3. The summed E-state index contributed by atoms with van der Waals surface area (Å²) in [7, 11) is 0. The summed E-state index contributed by atoms with van der Waals surface area (Å²) in [5, 5.41) is 22.0. The molecular formula is C37H35N5O7S2. The molecule has 4 aromatic rings. The third kappa shape index (κ3) is 7.23. The molecule has 3 N–H and O–H groups in total. The molecule has 3 heterocycles. The van der Waals surface area contributed by atoms with E-state index in [0.29, 0.717) is 17.1 Å². The molecule has 0 unspecified atom stereocenters. The zero-order valence-electron chi connectivity index (χ0n) is 27.8.